The van der Waals surface area contributed by atoms with Crippen LogP contribution in [0.4, 0.5) is 0 Å². The molecule has 0 bridgehead atoms. The molecule has 2 saturated heterocycles. The van der Waals surface area contributed by atoms with Crippen LogP contribution in [0.5, 0.6) is 0 Å². The molecule has 1 amide bonds. The first-order chi connectivity index (χ1) is 9.39. The van der Waals surface area contributed by atoms with Gasteiger partial charge in [-0.1, -0.05) is 6.92 Å². The molecule has 0 aromatic carbocycles. The van der Waals surface area contributed by atoms with Crippen molar-refractivity contribution in [3.05, 3.63) is 0 Å². The molecule has 2 fully saturated rings. The van der Waals surface area contributed by atoms with Crippen LogP contribution in [0.25, 0.3) is 0 Å². The Balaban J connectivity index is 2.00. The van der Waals surface area contributed by atoms with E-state index in [2.05, 4.69) is 5.32 Å². The van der Waals surface area contributed by atoms with Crippen LogP contribution in [0.3, 0.4) is 0 Å². The van der Waals surface area contributed by atoms with Gasteiger partial charge >= 0.3 is 0 Å². The van der Waals surface area contributed by atoms with Gasteiger partial charge in [0, 0.05) is 32.7 Å². The van der Waals surface area contributed by atoms with E-state index in [4.69, 9.17) is 5.14 Å². The summed E-state index contributed by atoms with van der Waals surface area (Å²) >= 11 is 0. The number of hydrogen-bond donors (Lipinski definition) is 2. The highest BCUT2D eigenvalue weighted by Crippen LogP contribution is 2.32. The van der Waals surface area contributed by atoms with Crippen LogP contribution in [-0.4, -0.2) is 62.8 Å². The maximum absolute atomic E-state index is 12.7. The minimum Gasteiger partial charge on any atom is -0.340 e. The number of nitrogens with zero attached hydrogens (tertiary/aromatic N) is 2. The SMILES string of the molecule is CCC1(C(=O)N2CCN(S(N)(=O)=O)CC2)CCCNC1. The van der Waals surface area contributed by atoms with Crippen LogP contribution in [0.2, 0.25) is 0 Å². The molecule has 2 aliphatic rings. The highest BCUT2D eigenvalue weighted by molar-refractivity contribution is 7.86. The van der Waals surface area contributed by atoms with Crippen LogP contribution in [0, 0.1) is 5.41 Å². The predicted octanol–water partition coefficient (Wildman–Crippen LogP) is -0.886. The molecule has 20 heavy (non-hydrogen) atoms. The highest BCUT2D eigenvalue weighted by Gasteiger charge is 2.41. The average molecular weight is 304 g/mol. The molecule has 1 atom stereocenters. The van der Waals surface area contributed by atoms with Crippen molar-refractivity contribution in [2.24, 2.45) is 10.6 Å². The van der Waals surface area contributed by atoms with Crippen LogP contribution in [-0.2, 0) is 15.0 Å². The van der Waals surface area contributed by atoms with Crippen LogP contribution >= 0.6 is 0 Å². The topological polar surface area (TPSA) is 95.7 Å². The van der Waals surface area contributed by atoms with Gasteiger partial charge < -0.3 is 10.2 Å². The normalized spacial score (nSPS) is 29.4. The van der Waals surface area contributed by atoms with E-state index in [0.717, 1.165) is 32.4 Å². The molecule has 0 radical (unpaired) electrons. The first-order valence-corrected chi connectivity index (χ1v) is 8.67. The molecule has 2 heterocycles. The Bertz CT molecular complexity index is 451. The zero-order chi connectivity index (χ0) is 14.8. The van der Waals surface area contributed by atoms with Crippen LogP contribution in [0.1, 0.15) is 26.2 Å². The van der Waals surface area contributed by atoms with Gasteiger partial charge in [0.05, 0.1) is 5.41 Å². The van der Waals surface area contributed by atoms with E-state index in [0.29, 0.717) is 13.1 Å². The molecule has 8 heteroatoms. The Morgan fingerprint density at radius 1 is 1.30 bits per heavy atom. The van der Waals surface area contributed by atoms with E-state index in [-0.39, 0.29) is 24.4 Å². The van der Waals surface area contributed by atoms with Crippen LogP contribution in [0.15, 0.2) is 0 Å². The summed E-state index contributed by atoms with van der Waals surface area (Å²) in [6.45, 7) is 5.17. The molecule has 3 N–H and O–H groups in total. The fourth-order valence-electron chi connectivity index (χ4n) is 3.08. The lowest BCUT2D eigenvalue weighted by molar-refractivity contribution is -0.144. The number of nitrogens with one attached hydrogen (secondary N) is 1. The van der Waals surface area contributed by atoms with Crippen LogP contribution < -0.4 is 10.5 Å². The Hall–Kier alpha value is -0.700. The maximum Gasteiger partial charge on any atom is 0.277 e. The highest BCUT2D eigenvalue weighted by atomic mass is 32.2. The number of rotatable bonds is 3. The molecule has 0 aliphatic carbocycles. The van der Waals surface area contributed by atoms with Crippen molar-refractivity contribution in [3.63, 3.8) is 0 Å². The van der Waals surface area contributed by atoms with E-state index in [9.17, 15) is 13.2 Å². The molecular formula is C12H24N4O3S. The summed E-state index contributed by atoms with van der Waals surface area (Å²) < 4.78 is 23.8. The van der Waals surface area contributed by atoms with Crippen molar-refractivity contribution in [2.75, 3.05) is 39.3 Å². The third-order valence-electron chi connectivity index (χ3n) is 4.49. The fourth-order valence-corrected chi connectivity index (χ4v) is 3.76. The Morgan fingerprint density at radius 3 is 2.40 bits per heavy atom. The summed E-state index contributed by atoms with van der Waals surface area (Å²) in [5.41, 5.74) is -0.317. The Labute approximate surface area is 120 Å². The third-order valence-corrected chi connectivity index (χ3v) is 5.57. The number of nitrogens with two attached hydrogens (primary N) is 1. The van der Waals surface area contributed by atoms with Crippen molar-refractivity contribution in [1.29, 1.82) is 0 Å². The summed E-state index contributed by atoms with van der Waals surface area (Å²) in [6, 6.07) is 0. The molecule has 2 rings (SSSR count). The maximum atomic E-state index is 12.7. The van der Waals surface area contributed by atoms with Crippen molar-refractivity contribution in [2.45, 2.75) is 26.2 Å². The minimum atomic E-state index is -3.64. The lowest BCUT2D eigenvalue weighted by atomic mass is 9.77. The van der Waals surface area contributed by atoms with E-state index >= 15 is 0 Å². The van der Waals surface area contributed by atoms with Gasteiger partial charge in [0.25, 0.3) is 10.2 Å². The van der Waals surface area contributed by atoms with Crippen molar-refractivity contribution in [1.82, 2.24) is 14.5 Å². The molecular weight excluding hydrogens is 280 g/mol. The van der Waals surface area contributed by atoms with Gasteiger partial charge in [-0.2, -0.15) is 12.7 Å². The van der Waals surface area contributed by atoms with Crippen molar-refractivity contribution < 1.29 is 13.2 Å². The lowest BCUT2D eigenvalue weighted by Crippen LogP contribution is -2.57. The zero-order valence-electron chi connectivity index (χ0n) is 12.0. The summed E-state index contributed by atoms with van der Waals surface area (Å²) in [4.78, 5) is 14.5. The third kappa shape index (κ3) is 3.13. The van der Waals surface area contributed by atoms with Gasteiger partial charge in [-0.15, -0.1) is 0 Å². The van der Waals surface area contributed by atoms with E-state index in [1.165, 1.54) is 4.31 Å². The molecule has 7 nitrogen and oxygen atoms in total. The molecule has 2 aliphatic heterocycles. The number of carbonyl (C=O) groups excluding carboxylic acids is 1. The molecule has 1 unspecified atom stereocenters. The first kappa shape index (κ1) is 15.7. The number of amides is 1. The van der Waals surface area contributed by atoms with Gasteiger partial charge in [-0.05, 0) is 25.8 Å². The Morgan fingerprint density at radius 2 is 1.95 bits per heavy atom. The number of hydrogen-bond acceptors (Lipinski definition) is 4. The van der Waals surface area contributed by atoms with E-state index in [1.54, 1.807) is 4.90 Å². The second kappa shape index (κ2) is 5.97. The summed E-state index contributed by atoms with van der Waals surface area (Å²) in [7, 11) is -3.64. The molecule has 0 saturated carbocycles. The number of carbonyl (C=O) groups is 1. The van der Waals surface area contributed by atoms with Gasteiger partial charge in [0.15, 0.2) is 0 Å². The minimum absolute atomic E-state index is 0.154. The summed E-state index contributed by atoms with van der Waals surface area (Å²) in [6.07, 6.45) is 2.73. The second-order valence-electron chi connectivity index (χ2n) is 5.65. The quantitative estimate of drug-likeness (QED) is 0.707. The smallest absolute Gasteiger partial charge is 0.277 e. The second-order valence-corrected chi connectivity index (χ2v) is 7.20. The standard InChI is InChI=1S/C12H24N4O3S/c1-2-12(4-3-5-14-10-12)11(17)15-6-8-16(9-7-15)20(13,18)19/h14H,2-10H2,1H3,(H2,13,18,19). The zero-order valence-corrected chi connectivity index (χ0v) is 12.8. The monoisotopic (exact) mass is 304 g/mol. The molecule has 0 aromatic rings. The van der Waals surface area contributed by atoms with Gasteiger partial charge in [-0.25, -0.2) is 5.14 Å². The average Bonchev–Trinajstić information content (AvgIpc) is 2.46. The van der Waals surface area contributed by atoms with Crippen molar-refractivity contribution >= 4 is 16.1 Å². The van der Waals surface area contributed by atoms with Gasteiger partial charge in [0.2, 0.25) is 5.91 Å². The van der Waals surface area contributed by atoms with Gasteiger partial charge in [0.1, 0.15) is 0 Å². The molecule has 116 valence electrons. The summed E-state index contributed by atoms with van der Waals surface area (Å²) in [5, 5.41) is 8.42. The fraction of sp³-hybridized carbons (Fsp3) is 0.917. The largest absolute Gasteiger partial charge is 0.340 e. The van der Waals surface area contributed by atoms with E-state index in [1.807, 2.05) is 6.92 Å². The van der Waals surface area contributed by atoms with E-state index < -0.39 is 10.2 Å². The number of piperazine rings is 1. The summed E-state index contributed by atoms with van der Waals surface area (Å²) in [5.74, 6) is 0.154. The predicted molar refractivity (Wildman–Crippen MR) is 76.1 cm³/mol. The first-order valence-electron chi connectivity index (χ1n) is 7.17. The molecule has 0 aromatic heterocycles. The van der Waals surface area contributed by atoms with Crippen molar-refractivity contribution in [3.8, 4) is 0 Å². The molecule has 0 spiro atoms. The lowest BCUT2D eigenvalue weighted by Gasteiger charge is -2.42. The number of piperidine rings is 1. The van der Waals surface area contributed by atoms with Gasteiger partial charge in [-0.3, -0.25) is 4.79 Å². The Kier molecular flexibility index (Phi) is 4.68.